The molecule has 64 valence electrons. The predicted octanol–water partition coefficient (Wildman–Crippen LogP) is 2.48. The molecule has 0 saturated carbocycles. The summed E-state index contributed by atoms with van der Waals surface area (Å²) in [6, 6.07) is 4.46. The maximum absolute atomic E-state index is 13.0. The van der Waals surface area contributed by atoms with Gasteiger partial charge in [-0.3, -0.25) is 0 Å². The molecule has 0 unspecified atom stereocenters. The molecule has 0 fully saturated rings. The van der Waals surface area contributed by atoms with Gasteiger partial charge in [-0.05, 0) is 12.1 Å². The fourth-order valence-electron chi connectivity index (χ4n) is 0.840. The second-order valence-electron chi connectivity index (χ2n) is 2.22. The van der Waals surface area contributed by atoms with Crippen LogP contribution in [0, 0.1) is 5.82 Å². The molecule has 0 saturated heterocycles. The molecule has 1 rings (SSSR count). The van der Waals surface area contributed by atoms with Gasteiger partial charge in [0.2, 0.25) is 0 Å². The summed E-state index contributed by atoms with van der Waals surface area (Å²) in [5, 5.41) is 8.80. The van der Waals surface area contributed by atoms with Crippen molar-refractivity contribution in [3.05, 3.63) is 40.7 Å². The van der Waals surface area contributed by atoms with Gasteiger partial charge in [-0.1, -0.05) is 29.8 Å². The molecule has 3 heteroatoms. The predicted molar refractivity (Wildman–Crippen MR) is 47.5 cm³/mol. The van der Waals surface area contributed by atoms with Crippen LogP contribution in [0.2, 0.25) is 5.02 Å². The number of hydrogen-bond donors (Lipinski definition) is 1. The Hall–Kier alpha value is -0.860. The zero-order valence-corrected chi connectivity index (χ0v) is 7.05. The Kier molecular flexibility index (Phi) is 3.26. The molecule has 0 radical (unpaired) electrons. The van der Waals surface area contributed by atoms with Crippen LogP contribution in [-0.4, -0.2) is 11.7 Å². The molecule has 0 aromatic heterocycles. The molecule has 0 bridgehead atoms. The number of halogens is 2. The third-order valence-electron chi connectivity index (χ3n) is 1.39. The highest BCUT2D eigenvalue weighted by molar-refractivity contribution is 6.32. The summed E-state index contributed by atoms with van der Waals surface area (Å²) in [5.41, 5.74) is 0.313. The van der Waals surface area contributed by atoms with Gasteiger partial charge in [0.25, 0.3) is 0 Å². The lowest BCUT2D eigenvalue weighted by Gasteiger charge is -1.98. The van der Waals surface area contributed by atoms with Crippen LogP contribution in [0.15, 0.2) is 24.3 Å². The normalized spacial score (nSPS) is 10.9. The van der Waals surface area contributed by atoms with Gasteiger partial charge in [0, 0.05) is 5.56 Å². The second-order valence-corrected chi connectivity index (χ2v) is 2.63. The number of rotatable bonds is 2. The molecule has 0 atom stereocenters. The van der Waals surface area contributed by atoms with Crippen LogP contribution < -0.4 is 0 Å². The summed E-state index contributed by atoms with van der Waals surface area (Å²) in [5.74, 6) is -0.382. The first kappa shape index (κ1) is 9.23. The Morgan fingerprint density at radius 3 is 2.83 bits per heavy atom. The fraction of sp³-hybridized carbons (Fsp3) is 0.111. The van der Waals surface area contributed by atoms with Crippen molar-refractivity contribution in [2.75, 3.05) is 6.61 Å². The second kappa shape index (κ2) is 4.24. The molecule has 1 nitrogen and oxygen atoms in total. The van der Waals surface area contributed by atoms with Crippen molar-refractivity contribution in [2.45, 2.75) is 0 Å². The third-order valence-corrected chi connectivity index (χ3v) is 1.72. The van der Waals surface area contributed by atoms with E-state index in [1.807, 2.05) is 0 Å². The van der Waals surface area contributed by atoms with E-state index in [0.717, 1.165) is 0 Å². The van der Waals surface area contributed by atoms with E-state index in [2.05, 4.69) is 0 Å². The summed E-state index contributed by atoms with van der Waals surface area (Å²) >= 11 is 5.69. The zero-order chi connectivity index (χ0) is 8.97. The van der Waals surface area contributed by atoms with E-state index in [-0.39, 0.29) is 12.4 Å². The lowest BCUT2D eigenvalue weighted by atomic mass is 10.2. The number of aliphatic hydroxyl groups excluding tert-OH is 1. The van der Waals surface area contributed by atoms with E-state index in [0.29, 0.717) is 10.6 Å². The lowest BCUT2D eigenvalue weighted by Crippen LogP contribution is -1.83. The van der Waals surface area contributed by atoms with Gasteiger partial charge in [0.15, 0.2) is 0 Å². The Balaban J connectivity index is 3.04. The van der Waals surface area contributed by atoms with E-state index in [1.165, 1.54) is 24.3 Å². The minimum absolute atomic E-state index is 0.120. The van der Waals surface area contributed by atoms with Gasteiger partial charge in [0.05, 0.1) is 11.6 Å². The Bertz CT molecular complexity index is 276. The van der Waals surface area contributed by atoms with Crippen LogP contribution in [0.25, 0.3) is 6.08 Å². The summed E-state index contributed by atoms with van der Waals surface area (Å²) in [4.78, 5) is 0. The van der Waals surface area contributed by atoms with Crippen molar-refractivity contribution in [1.29, 1.82) is 0 Å². The smallest absolute Gasteiger partial charge is 0.131 e. The van der Waals surface area contributed by atoms with Crippen LogP contribution in [0.4, 0.5) is 4.39 Å². The SMILES string of the molecule is OC/C=C/c1c(F)cccc1Cl. The molecule has 0 aliphatic heterocycles. The maximum atomic E-state index is 13.0. The van der Waals surface area contributed by atoms with Crippen LogP contribution in [0.3, 0.4) is 0 Å². The Labute approximate surface area is 75.1 Å². The number of hydrogen-bond acceptors (Lipinski definition) is 1. The van der Waals surface area contributed by atoms with Crippen molar-refractivity contribution in [3.63, 3.8) is 0 Å². The van der Waals surface area contributed by atoms with Crippen molar-refractivity contribution in [1.82, 2.24) is 0 Å². The highest BCUT2D eigenvalue weighted by Crippen LogP contribution is 2.19. The molecular weight excluding hydrogens is 179 g/mol. The summed E-state index contributed by atoms with van der Waals surface area (Å²) in [7, 11) is 0. The number of aliphatic hydroxyl groups is 1. The van der Waals surface area contributed by atoms with Crippen molar-refractivity contribution in [2.24, 2.45) is 0 Å². The topological polar surface area (TPSA) is 20.2 Å². The highest BCUT2D eigenvalue weighted by Gasteiger charge is 2.01. The van der Waals surface area contributed by atoms with Gasteiger partial charge in [0.1, 0.15) is 5.82 Å². The van der Waals surface area contributed by atoms with Gasteiger partial charge >= 0.3 is 0 Å². The highest BCUT2D eigenvalue weighted by atomic mass is 35.5. The standard InChI is InChI=1S/C9H8ClFO/c10-8-4-1-5-9(11)7(8)3-2-6-12/h1-5,12H,6H2/b3-2+. The van der Waals surface area contributed by atoms with Crippen LogP contribution in [-0.2, 0) is 0 Å². The molecule has 0 aliphatic carbocycles. The van der Waals surface area contributed by atoms with Gasteiger partial charge in [-0.2, -0.15) is 0 Å². The third kappa shape index (κ3) is 2.06. The quantitative estimate of drug-likeness (QED) is 0.753. The van der Waals surface area contributed by atoms with Crippen molar-refractivity contribution >= 4 is 17.7 Å². The van der Waals surface area contributed by atoms with E-state index in [4.69, 9.17) is 16.7 Å². The minimum Gasteiger partial charge on any atom is -0.392 e. The molecule has 0 spiro atoms. The molecular formula is C9H8ClFO. The van der Waals surface area contributed by atoms with E-state index in [9.17, 15) is 4.39 Å². The minimum atomic E-state index is -0.382. The molecule has 1 aromatic rings. The lowest BCUT2D eigenvalue weighted by molar-refractivity contribution is 0.343. The Morgan fingerprint density at radius 2 is 2.25 bits per heavy atom. The molecule has 1 aromatic carbocycles. The molecule has 0 heterocycles. The molecule has 0 aliphatic rings. The zero-order valence-electron chi connectivity index (χ0n) is 6.30. The van der Waals surface area contributed by atoms with Crippen LogP contribution >= 0.6 is 11.6 Å². The molecule has 12 heavy (non-hydrogen) atoms. The summed E-state index contributed by atoms with van der Waals surface area (Å²) < 4.78 is 13.0. The van der Waals surface area contributed by atoms with Crippen molar-refractivity contribution in [3.8, 4) is 0 Å². The van der Waals surface area contributed by atoms with E-state index in [1.54, 1.807) is 6.07 Å². The van der Waals surface area contributed by atoms with Gasteiger partial charge in [-0.25, -0.2) is 4.39 Å². The average molecular weight is 187 g/mol. The first-order chi connectivity index (χ1) is 5.75. The van der Waals surface area contributed by atoms with Crippen LogP contribution in [0.5, 0.6) is 0 Å². The maximum Gasteiger partial charge on any atom is 0.131 e. The van der Waals surface area contributed by atoms with Crippen molar-refractivity contribution < 1.29 is 9.50 Å². The summed E-state index contributed by atoms with van der Waals surface area (Å²) in [6.07, 6.45) is 2.89. The monoisotopic (exact) mass is 186 g/mol. The summed E-state index contributed by atoms with van der Waals surface area (Å²) in [6.45, 7) is -0.120. The molecule has 0 amide bonds. The first-order valence-corrected chi connectivity index (χ1v) is 3.85. The number of benzene rings is 1. The average Bonchev–Trinajstić information content (AvgIpc) is 2.04. The van der Waals surface area contributed by atoms with Crippen LogP contribution in [0.1, 0.15) is 5.56 Å². The van der Waals surface area contributed by atoms with E-state index < -0.39 is 0 Å². The Morgan fingerprint density at radius 1 is 1.50 bits per heavy atom. The fourth-order valence-corrected chi connectivity index (χ4v) is 1.07. The first-order valence-electron chi connectivity index (χ1n) is 3.47. The van der Waals surface area contributed by atoms with Gasteiger partial charge < -0.3 is 5.11 Å². The molecule has 1 N–H and O–H groups in total. The largest absolute Gasteiger partial charge is 0.392 e. The van der Waals surface area contributed by atoms with Gasteiger partial charge in [-0.15, -0.1) is 0 Å². The van der Waals surface area contributed by atoms with E-state index >= 15 is 0 Å².